The number of aromatic carboxylic acids is 1. The number of piperidine rings is 1. The van der Waals surface area contributed by atoms with Gasteiger partial charge in [0.05, 0.1) is 17.3 Å². The van der Waals surface area contributed by atoms with E-state index in [1.165, 1.54) is 0 Å². The quantitative estimate of drug-likeness (QED) is 0.442. The van der Waals surface area contributed by atoms with Crippen molar-refractivity contribution in [2.45, 2.75) is 6.04 Å². The summed E-state index contributed by atoms with van der Waals surface area (Å²) in [4.78, 5) is 30.1. The summed E-state index contributed by atoms with van der Waals surface area (Å²) in [5.41, 5.74) is 3.94. The third-order valence-corrected chi connectivity index (χ3v) is 5.87. The van der Waals surface area contributed by atoms with Gasteiger partial charge in [0.25, 0.3) is 10.1 Å². The number of nitrogens with two attached hydrogens (primary N) is 1. The van der Waals surface area contributed by atoms with Gasteiger partial charge >= 0.3 is 5.97 Å². The fourth-order valence-electron chi connectivity index (χ4n) is 4.19. The molecule has 4 N–H and O–H groups in total. The van der Waals surface area contributed by atoms with Gasteiger partial charge in [-0.25, -0.2) is 22.9 Å². The van der Waals surface area contributed by atoms with Crippen LogP contribution in [-0.4, -0.2) is 59.0 Å². The Bertz CT molecular complexity index is 1510. The number of carbonyl (C=O) groups is 1. The third-order valence-electron chi connectivity index (χ3n) is 5.87. The lowest BCUT2D eigenvalue weighted by molar-refractivity contribution is 0.0695. The average Bonchev–Trinajstić information content (AvgIpc) is 3.14. The molecule has 3 heterocycles. The summed E-state index contributed by atoms with van der Waals surface area (Å²) >= 11 is 0. The van der Waals surface area contributed by atoms with Gasteiger partial charge in [0.15, 0.2) is 17.3 Å². The molecule has 1 saturated carbocycles. The van der Waals surface area contributed by atoms with Crippen molar-refractivity contribution < 1.29 is 36.0 Å². The Morgan fingerprint density at radius 2 is 1.74 bits per heavy atom. The molecule has 0 amide bonds. The fourth-order valence-corrected chi connectivity index (χ4v) is 4.19. The Balaban J connectivity index is 0.000000527. The first-order valence-electron chi connectivity index (χ1n) is 10.1. The van der Waals surface area contributed by atoms with E-state index in [4.69, 9.17) is 10.3 Å². The second kappa shape index (κ2) is 8.62. The van der Waals surface area contributed by atoms with Crippen LogP contribution in [-0.2, 0) is 10.1 Å². The van der Waals surface area contributed by atoms with Crippen LogP contribution in [0.1, 0.15) is 10.4 Å². The van der Waals surface area contributed by atoms with Crippen LogP contribution in [0, 0.1) is 29.3 Å². The molecule has 2 aromatic heterocycles. The molecule has 35 heavy (non-hydrogen) atoms. The number of rotatable bonds is 3. The molecule has 3 atom stereocenters. The Labute approximate surface area is 196 Å². The highest BCUT2D eigenvalue weighted by molar-refractivity contribution is 7.85. The Kier molecular flexibility index (Phi) is 6.07. The van der Waals surface area contributed by atoms with Crippen LogP contribution in [0.2, 0.25) is 0 Å². The Hall–Kier alpha value is -3.49. The minimum atomic E-state index is -3.67. The van der Waals surface area contributed by atoms with Crippen molar-refractivity contribution >= 4 is 32.9 Å². The number of benzene rings is 1. The van der Waals surface area contributed by atoms with Gasteiger partial charge in [0, 0.05) is 31.4 Å². The zero-order valence-electron chi connectivity index (χ0n) is 18.0. The zero-order valence-corrected chi connectivity index (χ0v) is 18.8. The van der Waals surface area contributed by atoms with Crippen molar-refractivity contribution in [3.63, 3.8) is 0 Å². The lowest BCUT2D eigenvalue weighted by Gasteiger charge is -2.22. The lowest BCUT2D eigenvalue weighted by Crippen LogP contribution is -2.30. The van der Waals surface area contributed by atoms with Crippen molar-refractivity contribution in [2.75, 3.05) is 24.2 Å². The molecule has 1 aliphatic carbocycles. The highest BCUT2D eigenvalue weighted by Crippen LogP contribution is 2.45. The summed E-state index contributed by atoms with van der Waals surface area (Å²) < 4.78 is 69.6. The molecular formula is C21H19F3N4O6S. The van der Waals surface area contributed by atoms with E-state index in [2.05, 4.69) is 4.98 Å². The SMILES string of the molecule is CS(=O)(=O)O.NC1[C@H]2CN(c3nc4c(cc3F)c(=O)c(C(=O)O)cn4-c3ccc(F)cc3F)C[C@@H]12. The number of hydrogen-bond acceptors (Lipinski definition) is 7. The van der Waals surface area contributed by atoms with Crippen LogP contribution in [0.4, 0.5) is 19.0 Å². The first kappa shape index (κ1) is 24.6. The van der Waals surface area contributed by atoms with Gasteiger partial charge in [-0.1, -0.05) is 0 Å². The van der Waals surface area contributed by atoms with Gasteiger partial charge in [-0.2, -0.15) is 8.42 Å². The molecular weight excluding hydrogens is 493 g/mol. The molecule has 1 aliphatic heterocycles. The molecule has 2 aliphatic rings. The van der Waals surface area contributed by atoms with Crippen molar-refractivity contribution in [1.82, 2.24) is 9.55 Å². The zero-order chi connectivity index (χ0) is 25.8. The van der Waals surface area contributed by atoms with Gasteiger partial charge in [-0.05, 0) is 30.0 Å². The predicted molar refractivity (Wildman–Crippen MR) is 119 cm³/mol. The summed E-state index contributed by atoms with van der Waals surface area (Å²) in [6, 6.07) is 3.69. The number of nitrogens with zero attached hydrogens (tertiary/aromatic N) is 3. The molecule has 1 aromatic carbocycles. The summed E-state index contributed by atoms with van der Waals surface area (Å²) in [5.74, 6) is -3.70. The van der Waals surface area contributed by atoms with Crippen molar-refractivity contribution in [1.29, 1.82) is 0 Å². The van der Waals surface area contributed by atoms with Crippen LogP contribution < -0.4 is 16.1 Å². The largest absolute Gasteiger partial charge is 0.477 e. The normalized spacial score (nSPS) is 20.9. The van der Waals surface area contributed by atoms with E-state index in [1.54, 1.807) is 4.90 Å². The molecule has 14 heteroatoms. The molecule has 3 aromatic rings. The second-order valence-corrected chi connectivity index (χ2v) is 9.82. The number of anilines is 1. The van der Waals surface area contributed by atoms with E-state index >= 15 is 0 Å². The molecule has 186 valence electrons. The molecule has 1 saturated heterocycles. The smallest absolute Gasteiger partial charge is 0.341 e. The third kappa shape index (κ3) is 4.85. The van der Waals surface area contributed by atoms with E-state index in [0.717, 1.165) is 29.0 Å². The maximum absolute atomic E-state index is 14.8. The summed E-state index contributed by atoms with van der Waals surface area (Å²) in [5, 5.41) is 9.05. The summed E-state index contributed by atoms with van der Waals surface area (Å²) in [7, 11) is -3.67. The maximum atomic E-state index is 14.8. The van der Waals surface area contributed by atoms with Crippen LogP contribution >= 0.6 is 0 Å². The Morgan fingerprint density at radius 1 is 1.14 bits per heavy atom. The molecule has 1 unspecified atom stereocenters. The highest BCUT2D eigenvalue weighted by Gasteiger charge is 2.54. The van der Waals surface area contributed by atoms with Gasteiger partial charge < -0.3 is 15.7 Å². The van der Waals surface area contributed by atoms with Gasteiger partial charge in [0.2, 0.25) is 5.43 Å². The van der Waals surface area contributed by atoms with E-state index < -0.39 is 44.5 Å². The number of aromatic nitrogens is 2. The van der Waals surface area contributed by atoms with Gasteiger partial charge in [0.1, 0.15) is 17.2 Å². The Morgan fingerprint density at radius 3 is 2.29 bits per heavy atom. The number of pyridine rings is 2. The van der Waals surface area contributed by atoms with E-state index in [-0.39, 0.29) is 40.4 Å². The molecule has 5 rings (SSSR count). The van der Waals surface area contributed by atoms with Crippen LogP contribution in [0.5, 0.6) is 0 Å². The molecule has 0 spiro atoms. The van der Waals surface area contributed by atoms with Crippen LogP contribution in [0.3, 0.4) is 0 Å². The predicted octanol–water partition coefficient (Wildman–Crippen LogP) is 1.40. The molecule has 2 fully saturated rings. The lowest BCUT2D eigenvalue weighted by atomic mass is 10.1. The van der Waals surface area contributed by atoms with Crippen LogP contribution in [0.15, 0.2) is 35.3 Å². The fraction of sp³-hybridized carbons (Fsp3) is 0.286. The second-order valence-electron chi connectivity index (χ2n) is 8.35. The number of carboxylic acids is 1. The topological polar surface area (TPSA) is 156 Å². The van der Waals surface area contributed by atoms with E-state index in [9.17, 15) is 36.3 Å². The van der Waals surface area contributed by atoms with Gasteiger partial charge in [-0.3, -0.25) is 13.9 Å². The molecule has 0 bridgehead atoms. The standard InChI is InChI=1S/C20H15F3N4O3.CH4O3S/c21-8-1-2-15(13(22)3-8)27-7-12(20(29)30)17(28)9-4-14(23)19(25-18(9)27)26-5-10-11(6-26)16(10)24;1-5(2,3)4/h1-4,7,10-11,16H,5-6,24H2,(H,29,30);1H3,(H,2,3,4)/t10-,11+,16?;. The number of carboxylic acid groups (broad SMARTS) is 1. The highest BCUT2D eigenvalue weighted by atomic mass is 32.2. The maximum Gasteiger partial charge on any atom is 0.341 e. The minimum Gasteiger partial charge on any atom is -0.477 e. The van der Waals surface area contributed by atoms with Gasteiger partial charge in [-0.15, -0.1) is 0 Å². The number of halogens is 3. The molecule has 0 radical (unpaired) electrons. The summed E-state index contributed by atoms with van der Waals surface area (Å²) in [6.45, 7) is 1.01. The summed E-state index contributed by atoms with van der Waals surface area (Å²) in [6.07, 6.45) is 1.63. The van der Waals surface area contributed by atoms with Crippen molar-refractivity contribution in [3.05, 3.63) is 63.7 Å². The van der Waals surface area contributed by atoms with Crippen molar-refractivity contribution in [3.8, 4) is 5.69 Å². The number of fused-ring (bicyclic) bond motifs is 2. The number of hydrogen-bond donors (Lipinski definition) is 3. The molecule has 10 nitrogen and oxygen atoms in total. The van der Waals surface area contributed by atoms with Crippen LogP contribution in [0.25, 0.3) is 16.7 Å². The average molecular weight is 512 g/mol. The van der Waals surface area contributed by atoms with E-state index in [0.29, 0.717) is 25.4 Å². The van der Waals surface area contributed by atoms with Crippen molar-refractivity contribution in [2.24, 2.45) is 17.6 Å². The minimum absolute atomic E-state index is 0.0272. The van der Waals surface area contributed by atoms with E-state index in [1.807, 2.05) is 0 Å². The first-order valence-corrected chi connectivity index (χ1v) is 12.0. The monoisotopic (exact) mass is 512 g/mol. The first-order chi connectivity index (χ1) is 16.3.